The zero-order valence-corrected chi connectivity index (χ0v) is 15.9. The van der Waals surface area contributed by atoms with Gasteiger partial charge in [-0.25, -0.2) is 13.1 Å². The number of rotatable bonds is 5. The minimum absolute atomic E-state index is 0.0392. The third-order valence-electron chi connectivity index (χ3n) is 4.36. The molecule has 1 aliphatic rings. The minimum Gasteiger partial charge on any atom is -0.472 e. The van der Waals surface area contributed by atoms with E-state index in [-0.39, 0.29) is 16.7 Å². The van der Waals surface area contributed by atoms with Crippen molar-refractivity contribution < 1.29 is 17.6 Å². The summed E-state index contributed by atoms with van der Waals surface area (Å²) in [4.78, 5) is 14.3. The molecule has 1 N–H and O–H groups in total. The fourth-order valence-corrected chi connectivity index (χ4v) is 4.21. The van der Waals surface area contributed by atoms with Crippen molar-refractivity contribution in [2.24, 2.45) is 5.92 Å². The molecule has 2 aromatic rings. The van der Waals surface area contributed by atoms with E-state index in [4.69, 9.17) is 4.42 Å². The summed E-state index contributed by atoms with van der Waals surface area (Å²) in [6.07, 6.45) is 4.47. The summed E-state index contributed by atoms with van der Waals surface area (Å²) in [7, 11) is -3.51. The number of carbonyl (C=O) groups is 1. The highest BCUT2D eigenvalue weighted by Crippen LogP contribution is 2.20. The monoisotopic (exact) mass is 426 g/mol. The number of sulfonamides is 1. The molecular weight excluding hydrogens is 408 g/mol. The first-order chi connectivity index (χ1) is 12.0. The van der Waals surface area contributed by atoms with Gasteiger partial charge in [0.15, 0.2) is 0 Å². The molecule has 134 valence electrons. The molecule has 1 fully saturated rings. The third-order valence-corrected chi connectivity index (χ3v) is 6.32. The first-order valence-corrected chi connectivity index (χ1v) is 10.3. The van der Waals surface area contributed by atoms with Gasteiger partial charge in [-0.2, -0.15) is 0 Å². The van der Waals surface area contributed by atoms with E-state index in [1.54, 1.807) is 35.2 Å². The molecule has 1 amide bonds. The van der Waals surface area contributed by atoms with Gasteiger partial charge < -0.3 is 9.32 Å². The van der Waals surface area contributed by atoms with Gasteiger partial charge in [0.25, 0.3) is 5.91 Å². The highest BCUT2D eigenvalue weighted by atomic mass is 79.9. The highest BCUT2D eigenvalue weighted by molar-refractivity contribution is 9.10. The van der Waals surface area contributed by atoms with E-state index in [9.17, 15) is 13.2 Å². The van der Waals surface area contributed by atoms with Gasteiger partial charge >= 0.3 is 0 Å². The predicted octanol–water partition coefficient (Wildman–Crippen LogP) is 2.87. The Morgan fingerprint density at radius 2 is 1.88 bits per heavy atom. The Morgan fingerprint density at radius 3 is 2.48 bits per heavy atom. The van der Waals surface area contributed by atoms with E-state index in [2.05, 4.69) is 20.7 Å². The Balaban J connectivity index is 1.51. The molecule has 3 rings (SSSR count). The standard InChI is InChI=1S/C17H19BrN2O4S/c18-15-1-3-16(4-2-15)25(22,23)19-11-13-5-8-20(9-6-13)17(21)14-7-10-24-12-14/h1-4,7,10,12-13,19H,5-6,8-9,11H2. The van der Waals surface area contributed by atoms with Crippen LogP contribution in [0.1, 0.15) is 23.2 Å². The molecule has 0 radical (unpaired) electrons. The average Bonchev–Trinajstić information content (AvgIpc) is 3.15. The number of hydrogen-bond donors (Lipinski definition) is 1. The van der Waals surface area contributed by atoms with Crippen molar-refractivity contribution in [3.05, 3.63) is 52.9 Å². The van der Waals surface area contributed by atoms with E-state index in [1.165, 1.54) is 12.5 Å². The van der Waals surface area contributed by atoms with Gasteiger partial charge in [0.05, 0.1) is 16.7 Å². The zero-order chi connectivity index (χ0) is 17.9. The van der Waals surface area contributed by atoms with Gasteiger partial charge in [-0.05, 0) is 49.1 Å². The Labute approximate surface area is 155 Å². The molecule has 1 saturated heterocycles. The molecule has 0 saturated carbocycles. The van der Waals surface area contributed by atoms with Gasteiger partial charge in [0.2, 0.25) is 10.0 Å². The van der Waals surface area contributed by atoms with Crippen molar-refractivity contribution in [3.8, 4) is 0 Å². The van der Waals surface area contributed by atoms with Crippen molar-refractivity contribution in [2.75, 3.05) is 19.6 Å². The van der Waals surface area contributed by atoms with E-state index in [1.807, 2.05) is 0 Å². The number of likely N-dealkylation sites (tertiary alicyclic amines) is 1. The van der Waals surface area contributed by atoms with Crippen LogP contribution in [-0.4, -0.2) is 38.9 Å². The smallest absolute Gasteiger partial charge is 0.257 e. The quantitative estimate of drug-likeness (QED) is 0.796. The van der Waals surface area contributed by atoms with Crippen LogP contribution in [0.4, 0.5) is 0 Å². The summed E-state index contributed by atoms with van der Waals surface area (Å²) < 4.78 is 33.1. The summed E-state index contributed by atoms with van der Waals surface area (Å²) in [5, 5.41) is 0. The molecule has 0 aliphatic carbocycles. The molecule has 1 aliphatic heterocycles. The number of benzene rings is 1. The minimum atomic E-state index is -3.51. The van der Waals surface area contributed by atoms with Crippen molar-refractivity contribution in [2.45, 2.75) is 17.7 Å². The predicted molar refractivity (Wildman–Crippen MR) is 96.7 cm³/mol. The maximum atomic E-state index is 12.3. The fourth-order valence-electron chi connectivity index (χ4n) is 2.83. The molecule has 0 unspecified atom stereocenters. The van der Waals surface area contributed by atoms with Gasteiger partial charge in [-0.15, -0.1) is 0 Å². The molecule has 0 spiro atoms. The van der Waals surface area contributed by atoms with Crippen LogP contribution in [0.3, 0.4) is 0 Å². The maximum Gasteiger partial charge on any atom is 0.257 e. The summed E-state index contributed by atoms with van der Waals surface area (Å²) in [6, 6.07) is 8.20. The first-order valence-electron chi connectivity index (χ1n) is 8.02. The zero-order valence-electron chi connectivity index (χ0n) is 13.5. The molecule has 0 atom stereocenters. The first kappa shape index (κ1) is 18.2. The molecule has 8 heteroatoms. The average molecular weight is 427 g/mol. The van der Waals surface area contributed by atoms with Crippen LogP contribution >= 0.6 is 15.9 Å². The normalized spacial score (nSPS) is 16.1. The maximum absolute atomic E-state index is 12.3. The second-order valence-electron chi connectivity index (χ2n) is 6.05. The third kappa shape index (κ3) is 4.50. The van der Waals surface area contributed by atoms with E-state index < -0.39 is 10.0 Å². The second kappa shape index (κ2) is 7.72. The second-order valence-corrected chi connectivity index (χ2v) is 8.74. The SMILES string of the molecule is O=C(c1ccoc1)N1CCC(CNS(=O)(=O)c2ccc(Br)cc2)CC1. The van der Waals surface area contributed by atoms with E-state index in [0.717, 1.165) is 17.3 Å². The Kier molecular flexibility index (Phi) is 5.61. The van der Waals surface area contributed by atoms with Crippen molar-refractivity contribution in [1.29, 1.82) is 0 Å². The van der Waals surface area contributed by atoms with Gasteiger partial charge in [0, 0.05) is 24.1 Å². The van der Waals surface area contributed by atoms with Crippen molar-refractivity contribution in [1.82, 2.24) is 9.62 Å². The number of piperidine rings is 1. The Bertz CT molecular complexity index is 811. The van der Waals surface area contributed by atoms with Crippen LogP contribution in [-0.2, 0) is 10.0 Å². The topological polar surface area (TPSA) is 79.6 Å². The lowest BCUT2D eigenvalue weighted by Crippen LogP contribution is -2.41. The number of nitrogens with zero attached hydrogens (tertiary/aromatic N) is 1. The lowest BCUT2D eigenvalue weighted by atomic mass is 9.97. The van der Waals surface area contributed by atoms with Gasteiger partial charge in [-0.3, -0.25) is 4.79 Å². The molecule has 1 aromatic carbocycles. The van der Waals surface area contributed by atoms with Crippen LogP contribution in [0.5, 0.6) is 0 Å². The van der Waals surface area contributed by atoms with Crippen LogP contribution in [0, 0.1) is 5.92 Å². The summed E-state index contributed by atoms with van der Waals surface area (Å²) in [5.74, 6) is 0.182. The number of halogens is 1. The number of carbonyl (C=O) groups excluding carboxylic acids is 1. The molecule has 0 bridgehead atoms. The van der Waals surface area contributed by atoms with Crippen LogP contribution in [0.25, 0.3) is 0 Å². The number of nitrogens with one attached hydrogen (secondary N) is 1. The molecule has 6 nitrogen and oxygen atoms in total. The summed E-state index contributed by atoms with van der Waals surface area (Å²) in [5.41, 5.74) is 0.550. The lowest BCUT2D eigenvalue weighted by Gasteiger charge is -2.31. The number of furan rings is 1. The number of amides is 1. The summed E-state index contributed by atoms with van der Waals surface area (Å²) >= 11 is 3.29. The Morgan fingerprint density at radius 1 is 1.20 bits per heavy atom. The van der Waals surface area contributed by atoms with Crippen LogP contribution < -0.4 is 4.72 Å². The van der Waals surface area contributed by atoms with Crippen molar-refractivity contribution in [3.63, 3.8) is 0 Å². The largest absolute Gasteiger partial charge is 0.472 e. The lowest BCUT2D eigenvalue weighted by molar-refractivity contribution is 0.0691. The molecular formula is C17H19BrN2O4S. The highest BCUT2D eigenvalue weighted by Gasteiger charge is 2.25. The Hall–Kier alpha value is -1.64. The fraction of sp³-hybridized carbons (Fsp3) is 0.353. The van der Waals surface area contributed by atoms with Gasteiger partial charge in [-0.1, -0.05) is 15.9 Å². The van der Waals surface area contributed by atoms with Crippen molar-refractivity contribution >= 4 is 31.9 Å². The van der Waals surface area contributed by atoms with E-state index >= 15 is 0 Å². The summed E-state index contributed by atoms with van der Waals surface area (Å²) in [6.45, 7) is 1.62. The van der Waals surface area contributed by atoms with E-state index in [0.29, 0.717) is 25.2 Å². The van der Waals surface area contributed by atoms with Crippen LogP contribution in [0.15, 0.2) is 56.6 Å². The number of hydrogen-bond acceptors (Lipinski definition) is 4. The van der Waals surface area contributed by atoms with Crippen LogP contribution in [0.2, 0.25) is 0 Å². The molecule has 2 heterocycles. The molecule has 1 aromatic heterocycles. The van der Waals surface area contributed by atoms with Gasteiger partial charge in [0.1, 0.15) is 6.26 Å². The molecule has 25 heavy (non-hydrogen) atoms.